The van der Waals surface area contributed by atoms with Gasteiger partial charge >= 0.3 is 0 Å². The molecule has 5 aromatic rings. The quantitative estimate of drug-likeness (QED) is 0.213. The Hall–Kier alpha value is -4.50. The van der Waals surface area contributed by atoms with E-state index in [0.29, 0.717) is 5.92 Å². The maximum atomic E-state index is 8.47. The van der Waals surface area contributed by atoms with E-state index in [-0.39, 0.29) is 5.84 Å². The predicted molar refractivity (Wildman–Crippen MR) is 148 cm³/mol. The van der Waals surface area contributed by atoms with Gasteiger partial charge in [-0.2, -0.15) is 0 Å². The maximum Gasteiger partial charge on any atom is 0.153 e. The Bertz CT molecular complexity index is 1620. The van der Waals surface area contributed by atoms with E-state index in [0.717, 1.165) is 28.6 Å². The molecule has 1 N–H and O–H groups in total. The van der Waals surface area contributed by atoms with Gasteiger partial charge in [-0.3, -0.25) is 9.98 Å². The molecule has 0 saturated carbocycles. The number of nitrogens with zero attached hydrogens (tertiary/aromatic N) is 2. The summed E-state index contributed by atoms with van der Waals surface area (Å²) in [6.07, 6.45) is 11.6. The Labute approximate surface area is 204 Å². The summed E-state index contributed by atoms with van der Waals surface area (Å²) in [4.78, 5) is 4.55. The molecule has 1 aliphatic rings. The van der Waals surface area contributed by atoms with E-state index in [9.17, 15) is 0 Å². The van der Waals surface area contributed by atoms with Crippen LogP contribution in [0.15, 0.2) is 126 Å². The van der Waals surface area contributed by atoms with Crippen LogP contribution >= 0.6 is 0 Å². The summed E-state index contributed by atoms with van der Waals surface area (Å²) in [6, 6.07) is 33.5. The minimum atomic E-state index is 0.246. The van der Waals surface area contributed by atoms with Gasteiger partial charge in [0.15, 0.2) is 5.84 Å². The Morgan fingerprint density at radius 2 is 1.57 bits per heavy atom. The summed E-state index contributed by atoms with van der Waals surface area (Å²) in [7, 11) is 0. The highest BCUT2D eigenvalue weighted by molar-refractivity contribution is 6.13. The summed E-state index contributed by atoms with van der Waals surface area (Å²) >= 11 is 0. The molecule has 0 amide bonds. The fraction of sp³-hybridized carbons (Fsp3) is 0.0625. The number of aliphatic imine (C=N–C) groups is 1. The highest BCUT2D eigenvalue weighted by atomic mass is 15.0. The first kappa shape index (κ1) is 21.1. The van der Waals surface area contributed by atoms with Crippen LogP contribution in [0.1, 0.15) is 23.5 Å². The summed E-state index contributed by atoms with van der Waals surface area (Å²) in [5, 5.41) is 10.9. The van der Waals surface area contributed by atoms with E-state index in [1.165, 1.54) is 21.9 Å². The molecule has 6 rings (SSSR count). The van der Waals surface area contributed by atoms with Crippen molar-refractivity contribution < 1.29 is 0 Å². The van der Waals surface area contributed by atoms with Gasteiger partial charge in [0.2, 0.25) is 0 Å². The second-order valence-electron chi connectivity index (χ2n) is 8.86. The number of hydrogen-bond acceptors (Lipinski definition) is 1. The first-order valence-electron chi connectivity index (χ1n) is 11.9. The lowest BCUT2D eigenvalue weighted by Crippen LogP contribution is -2.01. The number of fused-ring (bicyclic) bond motifs is 3. The molecule has 0 aliphatic heterocycles. The zero-order valence-corrected chi connectivity index (χ0v) is 19.3. The minimum Gasteiger partial charge on any atom is -0.300 e. The fourth-order valence-corrected chi connectivity index (χ4v) is 4.85. The van der Waals surface area contributed by atoms with Crippen LogP contribution in [0.4, 0.5) is 0 Å². The first-order chi connectivity index (χ1) is 17.3. The van der Waals surface area contributed by atoms with Gasteiger partial charge in [-0.15, -0.1) is 0 Å². The van der Waals surface area contributed by atoms with Crippen LogP contribution in [0.2, 0.25) is 0 Å². The number of aromatic nitrogens is 1. The van der Waals surface area contributed by atoms with Crippen molar-refractivity contribution in [2.45, 2.75) is 12.3 Å². The van der Waals surface area contributed by atoms with E-state index in [4.69, 9.17) is 5.41 Å². The molecule has 0 radical (unpaired) electrons. The summed E-state index contributed by atoms with van der Waals surface area (Å²) in [5.41, 5.74) is 6.64. The van der Waals surface area contributed by atoms with Gasteiger partial charge < -0.3 is 0 Å². The van der Waals surface area contributed by atoms with Crippen molar-refractivity contribution in [3.8, 4) is 11.1 Å². The third kappa shape index (κ3) is 4.02. The second kappa shape index (κ2) is 9.03. The van der Waals surface area contributed by atoms with Crippen LogP contribution in [0, 0.1) is 5.41 Å². The van der Waals surface area contributed by atoms with Gasteiger partial charge in [0.25, 0.3) is 0 Å². The number of rotatable bonds is 4. The standard InChI is InChI=1S/C32H25N3/c33-32(25-14-8-3-9-15-25)34-22-35-30-19-17-26(23-10-4-1-5-11-23)20-29(30)28-18-16-27(21-31(28)35)24-12-6-2-7-13-24/h1-10,12-23,33H,11H2/b33-32?,34-22+. The molecule has 0 bridgehead atoms. The van der Waals surface area contributed by atoms with Gasteiger partial charge in [-0.05, 0) is 41.3 Å². The van der Waals surface area contributed by atoms with E-state index in [1.54, 1.807) is 6.34 Å². The van der Waals surface area contributed by atoms with E-state index < -0.39 is 0 Å². The zero-order chi connectivity index (χ0) is 23.6. The molecule has 35 heavy (non-hydrogen) atoms. The average Bonchev–Trinajstić information content (AvgIpc) is 3.25. The van der Waals surface area contributed by atoms with Gasteiger partial charge in [0.1, 0.15) is 6.34 Å². The van der Waals surface area contributed by atoms with E-state index in [2.05, 4.69) is 94.5 Å². The third-order valence-corrected chi connectivity index (χ3v) is 6.69. The molecule has 1 heterocycles. The van der Waals surface area contributed by atoms with E-state index >= 15 is 0 Å². The fourth-order valence-electron chi connectivity index (χ4n) is 4.85. The average molecular weight is 452 g/mol. The van der Waals surface area contributed by atoms with Crippen LogP contribution in [0.5, 0.6) is 0 Å². The monoisotopic (exact) mass is 451 g/mol. The van der Waals surface area contributed by atoms with Crippen LogP contribution < -0.4 is 0 Å². The highest BCUT2D eigenvalue weighted by Crippen LogP contribution is 2.35. The van der Waals surface area contributed by atoms with Crippen molar-refractivity contribution >= 4 is 34.0 Å². The Balaban J connectivity index is 1.52. The van der Waals surface area contributed by atoms with Crippen LogP contribution in [0.3, 0.4) is 0 Å². The Kier molecular flexibility index (Phi) is 5.44. The van der Waals surface area contributed by atoms with Gasteiger partial charge in [0, 0.05) is 22.3 Å². The molecule has 168 valence electrons. The van der Waals surface area contributed by atoms with Crippen LogP contribution in [-0.4, -0.2) is 16.7 Å². The second-order valence-corrected chi connectivity index (χ2v) is 8.86. The van der Waals surface area contributed by atoms with Crippen molar-refractivity contribution in [2.24, 2.45) is 4.99 Å². The zero-order valence-electron chi connectivity index (χ0n) is 19.3. The topological polar surface area (TPSA) is 41.1 Å². The van der Waals surface area contributed by atoms with Crippen molar-refractivity contribution in [3.63, 3.8) is 0 Å². The lowest BCUT2D eigenvalue weighted by molar-refractivity contribution is 0.855. The SMILES string of the molecule is N=C(/N=C/n1c2ccc(C3C=CC=CC3)cc2c2ccc(-c3ccccc3)cc21)c1ccccc1. The predicted octanol–water partition coefficient (Wildman–Crippen LogP) is 7.96. The van der Waals surface area contributed by atoms with Crippen LogP contribution in [-0.2, 0) is 0 Å². The minimum absolute atomic E-state index is 0.246. The van der Waals surface area contributed by atoms with Crippen LogP contribution in [0.25, 0.3) is 32.9 Å². The molecular weight excluding hydrogens is 426 g/mol. The molecular formula is C32H25N3. The molecule has 1 aliphatic carbocycles. The lowest BCUT2D eigenvalue weighted by Gasteiger charge is -2.13. The summed E-state index contributed by atoms with van der Waals surface area (Å²) in [6.45, 7) is 0. The Morgan fingerprint density at radius 1 is 0.771 bits per heavy atom. The summed E-state index contributed by atoms with van der Waals surface area (Å²) in [5.74, 6) is 0.641. The normalized spacial score (nSPS) is 15.4. The highest BCUT2D eigenvalue weighted by Gasteiger charge is 2.15. The molecule has 0 spiro atoms. The number of allylic oxidation sites excluding steroid dienone is 4. The molecule has 3 heteroatoms. The van der Waals surface area contributed by atoms with E-state index in [1.807, 2.05) is 36.4 Å². The number of benzene rings is 4. The van der Waals surface area contributed by atoms with Gasteiger partial charge in [0.05, 0.1) is 11.0 Å². The molecule has 1 aromatic heterocycles. The number of hydrogen-bond donors (Lipinski definition) is 1. The van der Waals surface area contributed by atoms with Gasteiger partial charge in [-0.1, -0.05) is 103 Å². The first-order valence-corrected chi connectivity index (χ1v) is 11.9. The maximum absolute atomic E-state index is 8.47. The molecule has 0 saturated heterocycles. The third-order valence-electron chi connectivity index (χ3n) is 6.69. The molecule has 4 aromatic carbocycles. The summed E-state index contributed by atoms with van der Waals surface area (Å²) < 4.78 is 2.12. The Morgan fingerprint density at radius 3 is 2.34 bits per heavy atom. The van der Waals surface area contributed by atoms with Crippen molar-refractivity contribution in [1.29, 1.82) is 5.41 Å². The van der Waals surface area contributed by atoms with Crippen molar-refractivity contribution in [1.82, 2.24) is 4.57 Å². The molecule has 3 nitrogen and oxygen atoms in total. The molecule has 1 unspecified atom stereocenters. The number of amidine groups is 1. The molecule has 0 fully saturated rings. The largest absolute Gasteiger partial charge is 0.300 e. The number of nitrogens with one attached hydrogen (secondary N) is 1. The van der Waals surface area contributed by atoms with Crippen molar-refractivity contribution in [3.05, 3.63) is 132 Å². The smallest absolute Gasteiger partial charge is 0.153 e. The van der Waals surface area contributed by atoms with Crippen molar-refractivity contribution in [2.75, 3.05) is 0 Å². The molecule has 1 atom stereocenters. The van der Waals surface area contributed by atoms with Gasteiger partial charge in [-0.25, -0.2) is 4.99 Å². The lowest BCUT2D eigenvalue weighted by atomic mass is 9.91.